The van der Waals surface area contributed by atoms with Crippen molar-refractivity contribution in [2.24, 2.45) is 0 Å². The first kappa shape index (κ1) is 75.5. The number of allylic oxidation sites excluding steroid dienone is 19. The van der Waals surface area contributed by atoms with Crippen LogP contribution >= 0.6 is 0 Å². The number of amides is 1. The van der Waals surface area contributed by atoms with E-state index >= 15 is 0 Å². The van der Waals surface area contributed by atoms with Gasteiger partial charge in [-0.15, -0.1) is 0 Å². The Morgan fingerprint density at radius 3 is 1.33 bits per heavy atom. The van der Waals surface area contributed by atoms with Crippen LogP contribution in [0.5, 0.6) is 0 Å². The van der Waals surface area contributed by atoms with Gasteiger partial charge in [-0.1, -0.05) is 225 Å². The van der Waals surface area contributed by atoms with Crippen molar-refractivity contribution in [3.63, 3.8) is 0 Å². The zero-order valence-electron chi connectivity index (χ0n) is 51.1. The van der Waals surface area contributed by atoms with Crippen LogP contribution in [0.4, 0.5) is 0 Å². The van der Waals surface area contributed by atoms with E-state index in [1.54, 1.807) is 6.08 Å². The molecule has 12 unspecified atom stereocenters. The zero-order valence-corrected chi connectivity index (χ0v) is 51.1. The Balaban J connectivity index is 1.79. The lowest BCUT2D eigenvalue weighted by Crippen LogP contribution is -2.65. The van der Waals surface area contributed by atoms with Gasteiger partial charge in [-0.25, -0.2) is 0 Å². The minimum Gasteiger partial charge on any atom is -0.394 e. The first-order chi connectivity index (χ1) is 40.6. The second kappa shape index (κ2) is 52.7. The predicted octanol–water partition coefficient (Wildman–Crippen LogP) is 12.2. The molecule has 0 aromatic carbocycles. The van der Waals surface area contributed by atoms with Crippen LogP contribution in [-0.2, 0) is 23.7 Å². The third-order valence-corrected chi connectivity index (χ3v) is 14.9. The summed E-state index contributed by atoms with van der Waals surface area (Å²) >= 11 is 0. The Morgan fingerprint density at radius 2 is 0.843 bits per heavy atom. The molecular formula is C69H115NO13. The number of aliphatic hydroxyl groups excluding tert-OH is 8. The number of hydrogen-bond donors (Lipinski definition) is 9. The minimum absolute atomic E-state index is 0.222. The Labute approximate surface area is 501 Å². The van der Waals surface area contributed by atoms with Crippen molar-refractivity contribution in [2.45, 2.75) is 286 Å². The van der Waals surface area contributed by atoms with Gasteiger partial charge in [0.15, 0.2) is 12.6 Å². The molecule has 9 N–H and O–H groups in total. The third-order valence-electron chi connectivity index (χ3n) is 14.9. The van der Waals surface area contributed by atoms with Crippen molar-refractivity contribution in [1.29, 1.82) is 0 Å². The molecule has 2 rings (SSSR count). The van der Waals surface area contributed by atoms with Crippen LogP contribution in [0, 0.1) is 0 Å². The number of ether oxygens (including phenoxy) is 4. The summed E-state index contributed by atoms with van der Waals surface area (Å²) in [5.41, 5.74) is 0. The molecule has 0 aromatic heterocycles. The van der Waals surface area contributed by atoms with Crippen LogP contribution in [-0.4, -0.2) is 140 Å². The van der Waals surface area contributed by atoms with Crippen LogP contribution in [0.2, 0.25) is 0 Å². The highest BCUT2D eigenvalue weighted by molar-refractivity contribution is 5.76. The van der Waals surface area contributed by atoms with Gasteiger partial charge in [-0.05, 0) is 103 Å². The largest absolute Gasteiger partial charge is 0.394 e. The van der Waals surface area contributed by atoms with Gasteiger partial charge in [0.2, 0.25) is 5.91 Å². The molecule has 2 saturated heterocycles. The van der Waals surface area contributed by atoms with E-state index in [0.29, 0.717) is 12.8 Å². The molecule has 2 fully saturated rings. The van der Waals surface area contributed by atoms with Crippen LogP contribution in [0.15, 0.2) is 122 Å². The molecular weight excluding hydrogens is 1050 g/mol. The van der Waals surface area contributed by atoms with Gasteiger partial charge in [-0.2, -0.15) is 0 Å². The van der Waals surface area contributed by atoms with E-state index in [1.807, 2.05) is 6.08 Å². The van der Waals surface area contributed by atoms with Crippen LogP contribution in [0.25, 0.3) is 0 Å². The van der Waals surface area contributed by atoms with Crippen LogP contribution < -0.4 is 5.32 Å². The molecule has 2 heterocycles. The van der Waals surface area contributed by atoms with Crippen molar-refractivity contribution in [3.8, 4) is 0 Å². The number of nitrogens with one attached hydrogen (secondary N) is 1. The summed E-state index contributed by atoms with van der Waals surface area (Å²) in [7, 11) is 0. The predicted molar refractivity (Wildman–Crippen MR) is 336 cm³/mol. The maximum atomic E-state index is 13.3. The summed E-state index contributed by atoms with van der Waals surface area (Å²) in [5.74, 6) is -0.290. The van der Waals surface area contributed by atoms with Crippen molar-refractivity contribution in [3.05, 3.63) is 122 Å². The molecule has 2 aliphatic rings. The molecule has 14 nitrogen and oxygen atoms in total. The van der Waals surface area contributed by atoms with Crippen molar-refractivity contribution < 1.29 is 64.6 Å². The van der Waals surface area contributed by atoms with Gasteiger partial charge in [0.1, 0.15) is 48.8 Å². The summed E-state index contributed by atoms with van der Waals surface area (Å²) < 4.78 is 22.8. The quantitative estimate of drug-likeness (QED) is 0.0204. The molecule has 1 amide bonds. The lowest BCUT2D eigenvalue weighted by atomic mass is 9.97. The van der Waals surface area contributed by atoms with Gasteiger partial charge in [0.25, 0.3) is 0 Å². The van der Waals surface area contributed by atoms with E-state index in [2.05, 4.69) is 129 Å². The number of carbonyl (C=O) groups is 1. The first-order valence-electron chi connectivity index (χ1n) is 32.3. The molecule has 0 aliphatic carbocycles. The van der Waals surface area contributed by atoms with E-state index in [4.69, 9.17) is 18.9 Å². The van der Waals surface area contributed by atoms with Crippen LogP contribution in [0.1, 0.15) is 213 Å². The number of hydrogen-bond acceptors (Lipinski definition) is 13. The molecule has 0 radical (unpaired) electrons. The first-order valence-corrected chi connectivity index (χ1v) is 32.3. The van der Waals surface area contributed by atoms with Gasteiger partial charge in [-0.3, -0.25) is 4.79 Å². The third kappa shape index (κ3) is 37.5. The van der Waals surface area contributed by atoms with Crippen molar-refractivity contribution in [2.75, 3.05) is 19.8 Å². The fraction of sp³-hybridized carbons (Fsp3) is 0.696. The average Bonchev–Trinajstić information content (AvgIpc) is 3.65. The van der Waals surface area contributed by atoms with Gasteiger partial charge in [0.05, 0.1) is 32.0 Å². The highest BCUT2D eigenvalue weighted by Gasteiger charge is 2.51. The second-order valence-electron chi connectivity index (χ2n) is 22.1. The number of carbonyl (C=O) groups excluding carboxylic acids is 1. The molecule has 14 heteroatoms. The normalized spacial score (nSPS) is 24.7. The lowest BCUT2D eigenvalue weighted by Gasteiger charge is -2.46. The summed E-state index contributed by atoms with van der Waals surface area (Å²) in [6.45, 7) is 2.63. The minimum atomic E-state index is -1.80. The van der Waals surface area contributed by atoms with Crippen LogP contribution in [0.3, 0.4) is 0 Å². The Morgan fingerprint density at radius 1 is 0.446 bits per heavy atom. The maximum Gasteiger partial charge on any atom is 0.220 e. The Bertz CT molecular complexity index is 1850. The molecule has 474 valence electrons. The number of unbranched alkanes of at least 4 members (excludes halogenated alkanes) is 19. The number of aliphatic hydroxyl groups is 8. The van der Waals surface area contributed by atoms with Gasteiger partial charge in [0, 0.05) is 6.42 Å². The topological polar surface area (TPSA) is 228 Å². The van der Waals surface area contributed by atoms with Crippen molar-refractivity contribution >= 4 is 5.91 Å². The fourth-order valence-corrected chi connectivity index (χ4v) is 9.71. The highest BCUT2D eigenvalue weighted by Crippen LogP contribution is 2.30. The summed E-state index contributed by atoms with van der Waals surface area (Å²) in [6.07, 6.45) is 59.5. The molecule has 2 aliphatic heterocycles. The second-order valence-corrected chi connectivity index (χ2v) is 22.1. The summed E-state index contributed by atoms with van der Waals surface area (Å²) in [6, 6.07) is -0.966. The standard InChI is InChI=1S/C69H115NO13/c1-3-5-7-9-11-13-15-17-19-21-23-25-27-29-31-33-35-37-39-41-43-45-47-49-51-53-61(74)70-57(56-80-68-66(79)64(77)67(60(55-72)82-68)83-69-65(78)63(76)62(75)59(54-71)81-69)58(73)52-50-48-46-44-42-40-38-36-34-32-30-28-26-24-22-20-18-16-14-12-10-8-6-4-2/h5,7,11,13,17,19,23,25,29,31,34-37,41-44,50,52,57-60,62-69,71-73,75-79H,3-4,6,8-10,12,14-16,18,20-22,24,26-28,30,32-33,38-40,45-49,51,53-56H2,1-2H3,(H,70,74)/b7-5-,13-11-,19-17-,25-23-,31-29-,36-34+,37-35-,43-41-,44-42+,52-50+. The average molecular weight is 1170 g/mol. The van der Waals surface area contributed by atoms with Crippen molar-refractivity contribution in [1.82, 2.24) is 5.32 Å². The molecule has 0 spiro atoms. The maximum absolute atomic E-state index is 13.3. The Kier molecular flexibility index (Phi) is 47.9. The molecule has 0 bridgehead atoms. The van der Waals surface area contributed by atoms with E-state index in [-0.39, 0.29) is 18.9 Å². The number of rotatable bonds is 50. The molecule has 0 aromatic rings. The van der Waals surface area contributed by atoms with Gasteiger partial charge >= 0.3 is 0 Å². The SMILES string of the molecule is CC/C=C\C/C=C\C/C=C\C/C=C\C/C=C\C/C=C\C/C=C\CCCCCC(=O)NC(COC1OC(CO)C(OC2OC(CO)C(O)C(O)C2O)C(O)C1O)C(O)/C=C/CC/C=C/CC/C=C/CCCCCCCCCCCCCCCC. The van der Waals surface area contributed by atoms with E-state index in [9.17, 15) is 45.6 Å². The lowest BCUT2D eigenvalue weighted by molar-refractivity contribution is -0.359. The van der Waals surface area contributed by atoms with Gasteiger partial charge < -0.3 is 65.1 Å². The Hall–Kier alpha value is -3.61. The highest BCUT2D eigenvalue weighted by atomic mass is 16.7. The summed E-state index contributed by atoms with van der Waals surface area (Å²) in [5, 5.41) is 87.2. The smallest absolute Gasteiger partial charge is 0.220 e. The molecule has 0 saturated carbocycles. The summed E-state index contributed by atoms with van der Waals surface area (Å²) in [4.78, 5) is 13.3. The monoisotopic (exact) mass is 1170 g/mol. The fourth-order valence-electron chi connectivity index (χ4n) is 9.71. The molecule has 83 heavy (non-hydrogen) atoms. The molecule has 12 atom stereocenters. The van der Waals surface area contributed by atoms with E-state index in [1.165, 1.54) is 89.9 Å². The zero-order chi connectivity index (χ0) is 60.2. The van der Waals surface area contributed by atoms with E-state index < -0.39 is 86.8 Å². The van der Waals surface area contributed by atoms with E-state index in [0.717, 1.165) is 89.9 Å².